The van der Waals surface area contributed by atoms with Crippen LogP contribution in [-0.4, -0.2) is 30.7 Å². The van der Waals surface area contributed by atoms with Crippen LogP contribution in [-0.2, 0) is 0 Å². The first-order valence-electron chi connectivity index (χ1n) is 12.6. The van der Waals surface area contributed by atoms with Gasteiger partial charge in [-0.05, 0) is 86.6 Å². The highest BCUT2D eigenvalue weighted by atomic mass is 19.4. The molecular formula is C28H38F3N. The predicted octanol–water partition coefficient (Wildman–Crippen LogP) is 7.45. The van der Waals surface area contributed by atoms with Gasteiger partial charge >= 0.3 is 6.18 Å². The number of likely N-dealkylation sites (N-methyl/N-ethyl adjacent to an activating group) is 1. The van der Waals surface area contributed by atoms with Crippen LogP contribution in [0, 0.1) is 34.5 Å². The Bertz CT molecular complexity index is 848. The minimum atomic E-state index is -4.18. The molecule has 3 aliphatic carbocycles. The molecule has 0 bridgehead atoms. The maximum atomic E-state index is 14.1. The van der Waals surface area contributed by atoms with Crippen molar-refractivity contribution in [3.63, 3.8) is 0 Å². The summed E-state index contributed by atoms with van der Waals surface area (Å²) in [6.07, 6.45) is 7.71. The Kier molecular flexibility index (Phi) is 5.55. The number of hydrogen-bond donors (Lipinski definition) is 0. The summed E-state index contributed by atoms with van der Waals surface area (Å²) in [5.74, 6) is 0.733. The van der Waals surface area contributed by atoms with Crippen LogP contribution in [0.2, 0.25) is 0 Å². The molecule has 0 N–H and O–H groups in total. The van der Waals surface area contributed by atoms with Crippen LogP contribution in [0.1, 0.15) is 70.3 Å². The topological polar surface area (TPSA) is 3.24 Å². The van der Waals surface area contributed by atoms with Gasteiger partial charge in [0.25, 0.3) is 0 Å². The average molecular weight is 446 g/mol. The summed E-state index contributed by atoms with van der Waals surface area (Å²) in [7, 11) is 2.26. The van der Waals surface area contributed by atoms with Crippen LogP contribution in [0.5, 0.6) is 0 Å². The van der Waals surface area contributed by atoms with Gasteiger partial charge in [-0.1, -0.05) is 56.3 Å². The van der Waals surface area contributed by atoms with Crippen molar-refractivity contribution in [2.75, 3.05) is 13.6 Å². The zero-order valence-electron chi connectivity index (χ0n) is 19.7. The lowest BCUT2D eigenvalue weighted by molar-refractivity contribution is -0.158. The molecule has 8 atom stereocenters. The van der Waals surface area contributed by atoms with Gasteiger partial charge in [0.1, 0.15) is 0 Å². The van der Waals surface area contributed by atoms with Gasteiger partial charge in [0.2, 0.25) is 0 Å². The molecule has 0 saturated heterocycles. The van der Waals surface area contributed by atoms with Gasteiger partial charge in [-0.3, -0.25) is 4.90 Å². The molecule has 1 aromatic carbocycles. The molecule has 4 heteroatoms. The van der Waals surface area contributed by atoms with E-state index >= 15 is 0 Å². The third-order valence-corrected chi connectivity index (χ3v) is 10.4. The van der Waals surface area contributed by atoms with Gasteiger partial charge in [-0.25, -0.2) is 0 Å². The minimum Gasteiger partial charge on any atom is -0.299 e. The van der Waals surface area contributed by atoms with Crippen LogP contribution >= 0.6 is 0 Å². The lowest BCUT2D eigenvalue weighted by Gasteiger charge is -2.60. The van der Waals surface area contributed by atoms with Crippen LogP contribution < -0.4 is 0 Å². The summed E-state index contributed by atoms with van der Waals surface area (Å²) in [5, 5.41) is 0. The molecule has 3 saturated carbocycles. The molecular weight excluding hydrogens is 407 g/mol. The number of alkyl halides is 3. The van der Waals surface area contributed by atoms with Gasteiger partial charge in [0.15, 0.2) is 0 Å². The largest absolute Gasteiger partial charge is 0.395 e. The third-order valence-electron chi connectivity index (χ3n) is 10.4. The summed E-state index contributed by atoms with van der Waals surface area (Å²) in [4.78, 5) is 2.52. The fraction of sp³-hybridized carbons (Fsp3) is 0.714. The van der Waals surface area contributed by atoms with E-state index in [1.54, 1.807) is 30.3 Å². The molecule has 3 fully saturated rings. The van der Waals surface area contributed by atoms with E-state index in [2.05, 4.69) is 37.9 Å². The van der Waals surface area contributed by atoms with Gasteiger partial charge in [0.05, 0.1) is 5.92 Å². The van der Waals surface area contributed by atoms with Gasteiger partial charge < -0.3 is 0 Å². The van der Waals surface area contributed by atoms with Crippen molar-refractivity contribution in [1.29, 1.82) is 0 Å². The summed E-state index contributed by atoms with van der Waals surface area (Å²) in [5.41, 5.74) is 0.699. The number of rotatable bonds is 3. The Hall–Kier alpha value is -1.29. The van der Waals surface area contributed by atoms with Crippen molar-refractivity contribution in [2.45, 2.75) is 76.9 Å². The maximum absolute atomic E-state index is 14.1. The van der Waals surface area contributed by atoms with Crippen molar-refractivity contribution >= 4 is 0 Å². The van der Waals surface area contributed by atoms with E-state index < -0.39 is 12.1 Å². The molecule has 0 spiro atoms. The molecule has 0 amide bonds. The summed E-state index contributed by atoms with van der Waals surface area (Å²) in [6, 6.07) is 9.23. The van der Waals surface area contributed by atoms with E-state index in [1.807, 2.05) is 0 Å². The van der Waals surface area contributed by atoms with Crippen LogP contribution in [0.15, 0.2) is 42.5 Å². The number of benzene rings is 1. The van der Waals surface area contributed by atoms with Gasteiger partial charge in [-0.2, -0.15) is 13.2 Å². The summed E-state index contributed by atoms with van der Waals surface area (Å²) in [6.45, 7) is 5.85. The van der Waals surface area contributed by atoms with Gasteiger partial charge in [-0.15, -0.1) is 0 Å². The summed E-state index contributed by atoms with van der Waals surface area (Å²) >= 11 is 0. The maximum Gasteiger partial charge on any atom is 0.395 e. The lowest BCUT2D eigenvalue weighted by Crippen LogP contribution is -2.58. The Labute approximate surface area is 191 Å². The number of nitrogens with zero attached hydrogens (tertiary/aromatic N) is 1. The van der Waals surface area contributed by atoms with Crippen molar-refractivity contribution in [1.82, 2.24) is 4.90 Å². The van der Waals surface area contributed by atoms with E-state index in [9.17, 15) is 13.2 Å². The van der Waals surface area contributed by atoms with Crippen molar-refractivity contribution in [3.8, 4) is 0 Å². The van der Waals surface area contributed by atoms with Crippen LogP contribution in [0.4, 0.5) is 13.2 Å². The Morgan fingerprint density at radius 1 is 1.00 bits per heavy atom. The smallest absolute Gasteiger partial charge is 0.299 e. The van der Waals surface area contributed by atoms with Crippen molar-refractivity contribution in [3.05, 3.63) is 48.0 Å². The normalized spacial score (nSPS) is 42.8. The lowest BCUT2D eigenvalue weighted by atomic mass is 9.47. The summed E-state index contributed by atoms with van der Waals surface area (Å²) < 4.78 is 42.4. The average Bonchev–Trinajstić information content (AvgIpc) is 3.08. The molecule has 1 aromatic rings. The molecule has 5 rings (SSSR count). The van der Waals surface area contributed by atoms with Crippen LogP contribution in [0.3, 0.4) is 0 Å². The fourth-order valence-corrected chi connectivity index (χ4v) is 8.83. The van der Waals surface area contributed by atoms with E-state index in [-0.39, 0.29) is 23.2 Å². The third kappa shape index (κ3) is 3.47. The van der Waals surface area contributed by atoms with Crippen molar-refractivity contribution < 1.29 is 13.2 Å². The van der Waals surface area contributed by atoms with E-state index in [4.69, 9.17) is 0 Å². The second-order valence-electron chi connectivity index (χ2n) is 11.7. The number of hydrogen-bond acceptors (Lipinski definition) is 1. The second-order valence-corrected chi connectivity index (χ2v) is 11.7. The van der Waals surface area contributed by atoms with E-state index in [0.29, 0.717) is 29.4 Å². The first kappa shape index (κ1) is 22.5. The molecule has 1 unspecified atom stereocenters. The Balaban J connectivity index is 1.39. The predicted molar refractivity (Wildman–Crippen MR) is 123 cm³/mol. The Morgan fingerprint density at radius 2 is 1.75 bits per heavy atom. The molecule has 0 radical (unpaired) electrons. The monoisotopic (exact) mass is 445 g/mol. The highest BCUT2D eigenvalue weighted by molar-refractivity contribution is 5.23. The molecule has 1 nitrogen and oxygen atoms in total. The quantitative estimate of drug-likeness (QED) is 0.437. The fourth-order valence-electron chi connectivity index (χ4n) is 8.83. The molecule has 32 heavy (non-hydrogen) atoms. The van der Waals surface area contributed by atoms with E-state index in [1.165, 1.54) is 19.3 Å². The number of fused-ring (bicyclic) bond motifs is 5. The SMILES string of the molecule is CN1CC=C[C@]2(C)[C@H]3CC[C@]4(C)[C@@H](CC(c5ccccc5)C(F)(F)F)CC[C@H]4[C@@H]3CC[C@@H]12. The minimum absolute atomic E-state index is 0.0485. The molecule has 176 valence electrons. The van der Waals surface area contributed by atoms with Crippen LogP contribution in [0.25, 0.3) is 0 Å². The molecule has 1 heterocycles. The zero-order chi connectivity index (χ0) is 22.7. The highest BCUT2D eigenvalue weighted by Crippen LogP contribution is 2.66. The first-order valence-corrected chi connectivity index (χ1v) is 12.6. The molecule has 4 aliphatic rings. The van der Waals surface area contributed by atoms with E-state index in [0.717, 1.165) is 25.8 Å². The zero-order valence-corrected chi connectivity index (χ0v) is 19.7. The van der Waals surface area contributed by atoms with Crippen molar-refractivity contribution in [2.24, 2.45) is 34.5 Å². The highest BCUT2D eigenvalue weighted by Gasteiger charge is 2.60. The van der Waals surface area contributed by atoms with Gasteiger partial charge in [0, 0.05) is 18.0 Å². The second kappa shape index (κ2) is 7.89. The molecule has 1 aliphatic heterocycles. The molecule has 0 aromatic heterocycles. The first-order chi connectivity index (χ1) is 15.1. The Morgan fingerprint density at radius 3 is 2.47 bits per heavy atom. The number of halogens is 3. The standard InChI is InChI=1S/C28H38F3N/c1-26-16-14-23-21(11-13-25-27(23,2)15-7-17-32(25)3)22(26)12-10-20(26)18-24(28(29,30)31)19-8-5-4-6-9-19/h4-9,15,20-25H,10-14,16-18H2,1-3H3/t20-,21+,22+,23+,24?,25-,26-,27-/m1/s1.